The van der Waals surface area contributed by atoms with Gasteiger partial charge in [0.1, 0.15) is 9.92 Å². The molecule has 0 fully saturated rings. The van der Waals surface area contributed by atoms with Crippen LogP contribution in [0.3, 0.4) is 0 Å². The van der Waals surface area contributed by atoms with E-state index in [1.54, 1.807) is 0 Å². The third-order valence-corrected chi connectivity index (χ3v) is 3.56. The molecule has 1 aromatic carbocycles. The average Bonchev–Trinajstić information content (AvgIpc) is 2.14. The second-order valence-corrected chi connectivity index (χ2v) is 5.51. The van der Waals surface area contributed by atoms with Crippen molar-refractivity contribution in [3.63, 3.8) is 0 Å². The number of nitro groups is 1. The molecule has 16 heavy (non-hydrogen) atoms. The molecule has 0 aliphatic carbocycles. The monoisotopic (exact) mass is 283 g/mol. The Morgan fingerprint density at radius 1 is 1.38 bits per heavy atom. The van der Waals surface area contributed by atoms with Crippen molar-refractivity contribution in [2.24, 2.45) is 0 Å². The number of nitro benzene ring substituents is 1. The summed E-state index contributed by atoms with van der Waals surface area (Å²) in [6.07, 6.45) is 0.199. The molecule has 0 aromatic heterocycles. The molecule has 0 unspecified atom stereocenters. The molecule has 1 aromatic rings. The van der Waals surface area contributed by atoms with E-state index in [0.717, 1.165) is 12.1 Å². The minimum Gasteiger partial charge on any atom is -0.298 e. The molecule has 86 valence electrons. The van der Waals surface area contributed by atoms with E-state index in [9.17, 15) is 23.3 Å². The van der Waals surface area contributed by atoms with Crippen molar-refractivity contribution in [1.29, 1.82) is 0 Å². The zero-order valence-electron chi connectivity index (χ0n) is 7.38. The highest BCUT2D eigenvalue weighted by Crippen LogP contribution is 2.34. The first-order valence-corrected chi connectivity index (χ1v) is 6.34. The van der Waals surface area contributed by atoms with Gasteiger partial charge in [0, 0.05) is 22.3 Å². The predicted molar refractivity (Wildman–Crippen MR) is 56.5 cm³/mol. The van der Waals surface area contributed by atoms with Crippen LogP contribution < -0.4 is 0 Å². The van der Waals surface area contributed by atoms with Crippen LogP contribution in [-0.4, -0.2) is 19.6 Å². The number of hydrogen-bond acceptors (Lipinski definition) is 5. The summed E-state index contributed by atoms with van der Waals surface area (Å²) >= 11 is 5.51. The molecular formula is C7H3Cl2NO5S. The molecule has 0 saturated heterocycles. The molecule has 0 amide bonds. The Morgan fingerprint density at radius 3 is 2.31 bits per heavy atom. The molecule has 0 spiro atoms. The normalized spacial score (nSPS) is 11.1. The van der Waals surface area contributed by atoms with Gasteiger partial charge < -0.3 is 0 Å². The van der Waals surface area contributed by atoms with Crippen molar-refractivity contribution >= 4 is 43.3 Å². The summed E-state index contributed by atoms with van der Waals surface area (Å²) in [6.45, 7) is 0. The van der Waals surface area contributed by atoms with Gasteiger partial charge in [-0.2, -0.15) is 0 Å². The highest BCUT2D eigenvalue weighted by Gasteiger charge is 2.26. The van der Waals surface area contributed by atoms with E-state index in [-0.39, 0.29) is 11.8 Å². The fraction of sp³-hybridized carbons (Fsp3) is 0. The quantitative estimate of drug-likeness (QED) is 0.366. The Morgan fingerprint density at radius 2 is 1.94 bits per heavy atom. The molecule has 9 heteroatoms. The van der Waals surface area contributed by atoms with Gasteiger partial charge >= 0.3 is 0 Å². The lowest BCUT2D eigenvalue weighted by Gasteiger charge is -2.03. The second-order valence-electron chi connectivity index (χ2n) is 2.63. The lowest BCUT2D eigenvalue weighted by atomic mass is 10.2. The standard InChI is InChI=1S/C7H3Cl2NO5S/c8-6-5(10(12)13)2-1-4(3-11)7(6)16(9,14)15/h1-3H. The molecule has 0 saturated carbocycles. The van der Waals surface area contributed by atoms with Gasteiger partial charge in [-0.15, -0.1) is 0 Å². The third-order valence-electron chi connectivity index (χ3n) is 1.67. The summed E-state index contributed by atoms with van der Waals surface area (Å²) in [5.74, 6) is 0. The van der Waals surface area contributed by atoms with Crippen LogP contribution in [0.5, 0.6) is 0 Å². The fourth-order valence-corrected chi connectivity index (χ4v) is 2.92. The van der Waals surface area contributed by atoms with Crippen LogP contribution in [0.15, 0.2) is 17.0 Å². The largest absolute Gasteiger partial charge is 0.298 e. The number of halogens is 2. The number of benzene rings is 1. The summed E-state index contributed by atoms with van der Waals surface area (Å²) in [7, 11) is 0.703. The van der Waals surface area contributed by atoms with Crippen LogP contribution in [0.2, 0.25) is 5.02 Å². The molecule has 0 aliphatic heterocycles. The van der Waals surface area contributed by atoms with Gasteiger partial charge in [0.25, 0.3) is 14.7 Å². The number of carbonyl (C=O) groups is 1. The molecule has 1 rings (SSSR count). The fourth-order valence-electron chi connectivity index (χ4n) is 1.04. The van der Waals surface area contributed by atoms with Crippen LogP contribution in [0.4, 0.5) is 5.69 Å². The van der Waals surface area contributed by atoms with E-state index in [0.29, 0.717) is 0 Å². The second kappa shape index (κ2) is 4.36. The summed E-state index contributed by atoms with van der Waals surface area (Å²) in [6, 6.07) is 1.89. The SMILES string of the molecule is O=Cc1ccc([N+](=O)[O-])c(Cl)c1S(=O)(=O)Cl. The van der Waals surface area contributed by atoms with Crippen LogP contribution in [0, 0.1) is 10.1 Å². The van der Waals surface area contributed by atoms with E-state index in [1.165, 1.54) is 0 Å². The molecule has 0 aliphatic rings. The summed E-state index contributed by atoms with van der Waals surface area (Å²) in [5, 5.41) is 9.82. The maximum atomic E-state index is 11.1. The van der Waals surface area contributed by atoms with Crippen molar-refractivity contribution in [3.05, 3.63) is 32.8 Å². The molecule has 0 bridgehead atoms. The molecule has 6 nitrogen and oxygen atoms in total. The lowest BCUT2D eigenvalue weighted by molar-refractivity contribution is -0.384. The van der Waals surface area contributed by atoms with Crippen LogP contribution in [0.25, 0.3) is 0 Å². The van der Waals surface area contributed by atoms with Crippen molar-refractivity contribution in [2.45, 2.75) is 4.90 Å². The number of aldehydes is 1. The third kappa shape index (κ3) is 2.31. The molecule has 0 N–H and O–H groups in total. The average molecular weight is 284 g/mol. The van der Waals surface area contributed by atoms with Crippen molar-refractivity contribution in [3.8, 4) is 0 Å². The number of nitrogens with zero attached hydrogens (tertiary/aromatic N) is 1. The van der Waals surface area contributed by atoms with Gasteiger partial charge in [-0.3, -0.25) is 14.9 Å². The first kappa shape index (κ1) is 12.9. The van der Waals surface area contributed by atoms with E-state index in [1.807, 2.05) is 0 Å². The van der Waals surface area contributed by atoms with E-state index in [2.05, 4.69) is 0 Å². The Labute approximate surface area is 99.3 Å². The minimum atomic E-state index is -4.33. The van der Waals surface area contributed by atoms with Gasteiger partial charge in [0.2, 0.25) is 0 Å². The van der Waals surface area contributed by atoms with Crippen LogP contribution in [-0.2, 0) is 9.05 Å². The van der Waals surface area contributed by atoms with Gasteiger partial charge in [0.05, 0.1) is 4.92 Å². The zero-order chi connectivity index (χ0) is 12.5. The lowest BCUT2D eigenvalue weighted by Crippen LogP contribution is -2.01. The summed E-state index contributed by atoms with van der Waals surface area (Å²) < 4.78 is 22.2. The summed E-state index contributed by atoms with van der Waals surface area (Å²) in [4.78, 5) is 19.4. The van der Waals surface area contributed by atoms with E-state index in [4.69, 9.17) is 22.3 Å². The smallest absolute Gasteiger partial charge is 0.289 e. The number of hydrogen-bond donors (Lipinski definition) is 0. The Balaban J connectivity index is 3.73. The number of carbonyl (C=O) groups excluding carboxylic acids is 1. The highest BCUT2D eigenvalue weighted by atomic mass is 35.7. The van der Waals surface area contributed by atoms with Crippen molar-refractivity contribution in [2.75, 3.05) is 0 Å². The highest BCUT2D eigenvalue weighted by molar-refractivity contribution is 8.13. The van der Waals surface area contributed by atoms with Gasteiger partial charge in [-0.25, -0.2) is 8.42 Å². The van der Waals surface area contributed by atoms with E-state index >= 15 is 0 Å². The van der Waals surface area contributed by atoms with Crippen LogP contribution in [0.1, 0.15) is 10.4 Å². The first-order valence-electron chi connectivity index (χ1n) is 3.65. The zero-order valence-corrected chi connectivity index (χ0v) is 9.71. The molecule has 0 radical (unpaired) electrons. The Bertz CT molecular complexity index is 568. The molecule has 0 heterocycles. The maximum absolute atomic E-state index is 11.1. The van der Waals surface area contributed by atoms with E-state index < -0.39 is 29.6 Å². The first-order chi connectivity index (χ1) is 7.29. The minimum absolute atomic E-state index is 0.199. The number of rotatable bonds is 3. The summed E-state index contributed by atoms with van der Waals surface area (Å²) in [5.41, 5.74) is -0.961. The van der Waals surface area contributed by atoms with Crippen molar-refractivity contribution < 1.29 is 18.1 Å². The molecule has 0 atom stereocenters. The Kier molecular flexibility index (Phi) is 3.51. The van der Waals surface area contributed by atoms with Crippen LogP contribution >= 0.6 is 22.3 Å². The Hall–Kier alpha value is -1.18. The van der Waals surface area contributed by atoms with Crippen molar-refractivity contribution in [1.82, 2.24) is 0 Å². The van der Waals surface area contributed by atoms with Gasteiger partial charge in [-0.05, 0) is 6.07 Å². The topological polar surface area (TPSA) is 94.3 Å². The predicted octanol–water partition coefficient (Wildman–Crippen LogP) is 1.99. The van der Waals surface area contributed by atoms with Gasteiger partial charge in [0.15, 0.2) is 6.29 Å². The maximum Gasteiger partial charge on any atom is 0.289 e. The van der Waals surface area contributed by atoms with Gasteiger partial charge in [-0.1, -0.05) is 11.6 Å². The molecular weight excluding hydrogens is 281 g/mol.